The third-order valence-corrected chi connectivity index (χ3v) is 2.75. The molecule has 0 aromatic heterocycles. The van der Waals surface area contributed by atoms with Crippen LogP contribution in [-0.2, 0) is 9.53 Å². The number of Topliss-reactive ketones (excluding diaryl/α,β-unsaturated/α-hetero) is 1. The number of rotatable bonds is 3. The Morgan fingerprint density at radius 2 is 2.31 bits per heavy atom. The molecule has 1 rings (SSSR count). The van der Waals surface area contributed by atoms with E-state index in [0.717, 1.165) is 25.7 Å². The molecular formula is C13H20O3. The molecule has 1 aliphatic rings. The Morgan fingerprint density at radius 1 is 1.56 bits per heavy atom. The summed E-state index contributed by atoms with van der Waals surface area (Å²) in [5, 5.41) is 9.36. The number of carbonyl (C=O) groups excluding carboxylic acids is 1. The first-order valence-corrected chi connectivity index (χ1v) is 5.97. The van der Waals surface area contributed by atoms with Crippen LogP contribution in [-0.4, -0.2) is 22.8 Å². The SMILES string of the molecule is CCCCCC#CC1(C)OC(O)CCC1=O. The Balaban J connectivity index is 2.51. The molecule has 1 fully saturated rings. The van der Waals surface area contributed by atoms with Gasteiger partial charge in [0.2, 0.25) is 0 Å². The maximum absolute atomic E-state index is 11.6. The third-order valence-electron chi connectivity index (χ3n) is 2.75. The van der Waals surface area contributed by atoms with Crippen LogP contribution >= 0.6 is 0 Å². The van der Waals surface area contributed by atoms with Gasteiger partial charge in [0, 0.05) is 19.3 Å². The van der Waals surface area contributed by atoms with E-state index in [1.54, 1.807) is 6.92 Å². The second-order valence-electron chi connectivity index (χ2n) is 4.33. The van der Waals surface area contributed by atoms with Gasteiger partial charge in [-0.2, -0.15) is 0 Å². The number of aliphatic hydroxyl groups is 1. The van der Waals surface area contributed by atoms with Crippen LogP contribution in [0.3, 0.4) is 0 Å². The van der Waals surface area contributed by atoms with Gasteiger partial charge >= 0.3 is 0 Å². The Bertz CT molecular complexity index is 300. The van der Waals surface area contributed by atoms with Crippen molar-refractivity contribution in [1.29, 1.82) is 0 Å². The van der Waals surface area contributed by atoms with Crippen molar-refractivity contribution in [1.82, 2.24) is 0 Å². The monoisotopic (exact) mass is 224 g/mol. The number of hydrogen-bond donors (Lipinski definition) is 1. The van der Waals surface area contributed by atoms with Gasteiger partial charge < -0.3 is 9.84 Å². The van der Waals surface area contributed by atoms with E-state index in [1.165, 1.54) is 0 Å². The average molecular weight is 224 g/mol. The van der Waals surface area contributed by atoms with Gasteiger partial charge in [-0.3, -0.25) is 4.79 Å². The zero-order valence-electron chi connectivity index (χ0n) is 10.1. The second-order valence-corrected chi connectivity index (χ2v) is 4.33. The highest BCUT2D eigenvalue weighted by Crippen LogP contribution is 2.23. The molecule has 3 heteroatoms. The molecular weight excluding hydrogens is 204 g/mol. The molecule has 0 aromatic rings. The minimum absolute atomic E-state index is 0.0270. The van der Waals surface area contributed by atoms with Gasteiger partial charge in [0.05, 0.1) is 0 Å². The minimum Gasteiger partial charge on any atom is -0.368 e. The number of unbranched alkanes of at least 4 members (excludes halogenated alkanes) is 3. The molecule has 0 spiro atoms. The quantitative estimate of drug-likeness (QED) is 0.589. The zero-order valence-corrected chi connectivity index (χ0v) is 10.1. The molecule has 0 aliphatic carbocycles. The highest BCUT2D eigenvalue weighted by molar-refractivity contribution is 5.90. The Labute approximate surface area is 97.2 Å². The Kier molecular flexibility index (Phi) is 4.98. The summed E-state index contributed by atoms with van der Waals surface area (Å²) in [7, 11) is 0. The van der Waals surface area contributed by atoms with Crippen LogP contribution in [0.1, 0.15) is 52.4 Å². The second kappa shape index (κ2) is 6.03. The zero-order chi connectivity index (χ0) is 12.0. The molecule has 0 amide bonds. The van der Waals surface area contributed by atoms with Crippen molar-refractivity contribution in [3.8, 4) is 11.8 Å². The molecule has 0 bridgehead atoms. The van der Waals surface area contributed by atoms with E-state index < -0.39 is 11.9 Å². The van der Waals surface area contributed by atoms with Crippen molar-refractivity contribution in [2.24, 2.45) is 0 Å². The number of ketones is 1. The summed E-state index contributed by atoms with van der Waals surface area (Å²) < 4.78 is 5.22. The van der Waals surface area contributed by atoms with Crippen molar-refractivity contribution in [2.75, 3.05) is 0 Å². The lowest BCUT2D eigenvalue weighted by atomic mass is 9.94. The lowest BCUT2D eigenvalue weighted by Gasteiger charge is -2.30. The standard InChI is InChI=1S/C13H20O3/c1-3-4-5-6-7-10-13(2)11(14)8-9-12(15)16-13/h12,15H,3-6,8-9H2,1-2H3. The fraction of sp³-hybridized carbons (Fsp3) is 0.769. The summed E-state index contributed by atoms with van der Waals surface area (Å²) >= 11 is 0. The normalized spacial score (nSPS) is 29.7. The van der Waals surface area contributed by atoms with Gasteiger partial charge in [-0.15, -0.1) is 0 Å². The molecule has 1 aliphatic heterocycles. The highest BCUT2D eigenvalue weighted by Gasteiger charge is 2.38. The predicted molar refractivity (Wildman–Crippen MR) is 61.7 cm³/mol. The van der Waals surface area contributed by atoms with Crippen LogP contribution in [0.5, 0.6) is 0 Å². The van der Waals surface area contributed by atoms with E-state index in [-0.39, 0.29) is 5.78 Å². The van der Waals surface area contributed by atoms with E-state index in [9.17, 15) is 9.90 Å². The lowest BCUT2D eigenvalue weighted by Crippen LogP contribution is -2.44. The van der Waals surface area contributed by atoms with E-state index in [0.29, 0.717) is 12.8 Å². The fourth-order valence-electron chi connectivity index (χ4n) is 1.68. The summed E-state index contributed by atoms with van der Waals surface area (Å²) in [5.41, 5.74) is -1.09. The molecule has 16 heavy (non-hydrogen) atoms. The van der Waals surface area contributed by atoms with Crippen LogP contribution in [0.15, 0.2) is 0 Å². The van der Waals surface area contributed by atoms with Crippen molar-refractivity contribution in [2.45, 2.75) is 64.3 Å². The van der Waals surface area contributed by atoms with Crippen molar-refractivity contribution in [3.63, 3.8) is 0 Å². The largest absolute Gasteiger partial charge is 0.368 e. The molecule has 90 valence electrons. The van der Waals surface area contributed by atoms with Crippen LogP contribution in [0.25, 0.3) is 0 Å². The average Bonchev–Trinajstić information content (AvgIpc) is 2.24. The van der Waals surface area contributed by atoms with Gasteiger partial charge in [0.25, 0.3) is 0 Å². The summed E-state index contributed by atoms with van der Waals surface area (Å²) in [5.74, 6) is 5.80. The van der Waals surface area contributed by atoms with Crippen molar-refractivity contribution >= 4 is 5.78 Å². The fourth-order valence-corrected chi connectivity index (χ4v) is 1.68. The smallest absolute Gasteiger partial charge is 0.187 e. The van der Waals surface area contributed by atoms with E-state index in [4.69, 9.17) is 4.74 Å². The number of ether oxygens (including phenoxy) is 1. The molecule has 0 saturated carbocycles. The van der Waals surface area contributed by atoms with E-state index in [2.05, 4.69) is 18.8 Å². The molecule has 3 nitrogen and oxygen atoms in total. The summed E-state index contributed by atoms with van der Waals surface area (Å²) in [6, 6.07) is 0. The van der Waals surface area contributed by atoms with Crippen LogP contribution in [0.2, 0.25) is 0 Å². The van der Waals surface area contributed by atoms with Gasteiger partial charge in [-0.05, 0) is 13.3 Å². The molecule has 1 N–H and O–H groups in total. The van der Waals surface area contributed by atoms with E-state index >= 15 is 0 Å². The first-order chi connectivity index (χ1) is 7.58. The molecule has 1 heterocycles. The van der Waals surface area contributed by atoms with Gasteiger partial charge in [0.15, 0.2) is 17.7 Å². The molecule has 0 radical (unpaired) electrons. The van der Waals surface area contributed by atoms with Crippen LogP contribution in [0.4, 0.5) is 0 Å². The highest BCUT2D eigenvalue weighted by atomic mass is 16.6. The van der Waals surface area contributed by atoms with E-state index in [1.807, 2.05) is 0 Å². The number of carbonyl (C=O) groups is 1. The molecule has 2 unspecified atom stereocenters. The first kappa shape index (κ1) is 13.2. The first-order valence-electron chi connectivity index (χ1n) is 5.97. The summed E-state index contributed by atoms with van der Waals surface area (Å²) in [6.45, 7) is 3.78. The van der Waals surface area contributed by atoms with Gasteiger partial charge in [-0.25, -0.2) is 0 Å². The number of hydrogen-bond acceptors (Lipinski definition) is 3. The molecule has 0 aromatic carbocycles. The molecule has 2 atom stereocenters. The minimum atomic E-state index is -1.09. The maximum atomic E-state index is 11.6. The third kappa shape index (κ3) is 3.62. The number of aliphatic hydroxyl groups excluding tert-OH is 1. The maximum Gasteiger partial charge on any atom is 0.187 e. The van der Waals surface area contributed by atoms with Gasteiger partial charge in [-0.1, -0.05) is 31.6 Å². The summed E-state index contributed by atoms with van der Waals surface area (Å²) in [4.78, 5) is 11.6. The van der Waals surface area contributed by atoms with Crippen molar-refractivity contribution < 1.29 is 14.6 Å². The topological polar surface area (TPSA) is 46.5 Å². The van der Waals surface area contributed by atoms with Crippen LogP contribution in [0, 0.1) is 11.8 Å². The molecule has 1 saturated heterocycles. The lowest BCUT2D eigenvalue weighted by molar-refractivity contribution is -0.189. The van der Waals surface area contributed by atoms with Gasteiger partial charge in [0.1, 0.15) is 0 Å². The van der Waals surface area contributed by atoms with Crippen LogP contribution < -0.4 is 0 Å². The van der Waals surface area contributed by atoms with Crippen molar-refractivity contribution in [3.05, 3.63) is 0 Å². The predicted octanol–water partition coefficient (Wildman–Crippen LogP) is 2.03. The summed E-state index contributed by atoms with van der Waals surface area (Å²) in [6.07, 6.45) is 4.03. The Hall–Kier alpha value is -0.850. The Morgan fingerprint density at radius 3 is 3.00 bits per heavy atom.